The van der Waals surface area contributed by atoms with Gasteiger partial charge in [-0.05, 0) is 47.7 Å². The number of hydrogen-bond donors (Lipinski definition) is 1. The van der Waals surface area contributed by atoms with Crippen LogP contribution in [0.2, 0.25) is 0 Å². The van der Waals surface area contributed by atoms with Crippen LogP contribution >= 0.6 is 0 Å². The van der Waals surface area contributed by atoms with Crippen LogP contribution in [-0.4, -0.2) is 51.6 Å². The molecule has 0 radical (unpaired) electrons. The highest BCUT2D eigenvalue weighted by atomic mass is 16.5. The summed E-state index contributed by atoms with van der Waals surface area (Å²) in [5.74, 6) is 0.228. The van der Waals surface area contributed by atoms with E-state index < -0.39 is 17.9 Å². The van der Waals surface area contributed by atoms with Gasteiger partial charge in [0, 0.05) is 12.1 Å². The molecule has 1 fully saturated rings. The fourth-order valence-electron chi connectivity index (χ4n) is 4.77. The van der Waals surface area contributed by atoms with Crippen molar-refractivity contribution in [3.8, 4) is 11.5 Å². The Hall–Kier alpha value is -4.01. The summed E-state index contributed by atoms with van der Waals surface area (Å²) in [5, 5.41) is 13.5. The molecule has 9 heteroatoms. The fraction of sp³-hybridized carbons (Fsp3) is 0.292. The van der Waals surface area contributed by atoms with E-state index >= 15 is 0 Å². The molecule has 0 bridgehead atoms. The van der Waals surface area contributed by atoms with Crippen LogP contribution < -0.4 is 9.47 Å². The van der Waals surface area contributed by atoms with E-state index in [2.05, 4.69) is 15.1 Å². The van der Waals surface area contributed by atoms with Crippen molar-refractivity contribution >= 4 is 23.4 Å². The van der Waals surface area contributed by atoms with Crippen LogP contribution in [0.3, 0.4) is 0 Å². The Labute approximate surface area is 189 Å². The normalized spacial score (nSPS) is 21.6. The SMILES string of the molecule is COc1ccc(C2CC(=O)C3C(=Nc4ncnn4C3c3ccc(C(=O)O)cc3)C2)cc1OC. The largest absolute Gasteiger partial charge is 0.493 e. The molecule has 9 nitrogen and oxygen atoms in total. The molecular formula is C24H22N4O5. The molecule has 0 spiro atoms. The Kier molecular flexibility index (Phi) is 5.16. The summed E-state index contributed by atoms with van der Waals surface area (Å²) >= 11 is 0. The molecule has 1 saturated carbocycles. The van der Waals surface area contributed by atoms with E-state index in [1.54, 1.807) is 43.2 Å². The number of rotatable bonds is 5. The molecule has 33 heavy (non-hydrogen) atoms. The van der Waals surface area contributed by atoms with Crippen molar-refractivity contribution < 1.29 is 24.2 Å². The summed E-state index contributed by atoms with van der Waals surface area (Å²) in [7, 11) is 3.17. The average molecular weight is 446 g/mol. The smallest absolute Gasteiger partial charge is 0.335 e. The van der Waals surface area contributed by atoms with Crippen LogP contribution in [0.25, 0.3) is 0 Å². The van der Waals surface area contributed by atoms with Crippen LogP contribution in [0.5, 0.6) is 11.5 Å². The van der Waals surface area contributed by atoms with Crippen molar-refractivity contribution in [3.63, 3.8) is 0 Å². The number of carbonyl (C=O) groups excluding carboxylic acids is 1. The van der Waals surface area contributed by atoms with E-state index in [4.69, 9.17) is 9.47 Å². The molecule has 5 rings (SSSR count). The van der Waals surface area contributed by atoms with Gasteiger partial charge in [0.05, 0.1) is 31.7 Å². The number of carboxylic acids is 1. The molecule has 3 aromatic rings. The number of nitrogens with zero attached hydrogens (tertiary/aromatic N) is 4. The third-order valence-electron chi connectivity index (χ3n) is 6.36. The van der Waals surface area contributed by atoms with E-state index in [0.717, 1.165) is 16.8 Å². The maximum Gasteiger partial charge on any atom is 0.335 e. The first-order chi connectivity index (χ1) is 16.0. The molecule has 1 aromatic heterocycles. The summed E-state index contributed by atoms with van der Waals surface area (Å²) in [6, 6.07) is 11.8. The third-order valence-corrected chi connectivity index (χ3v) is 6.36. The van der Waals surface area contributed by atoms with Gasteiger partial charge in [0.1, 0.15) is 12.1 Å². The number of hydrogen-bond acceptors (Lipinski definition) is 7. The summed E-state index contributed by atoms with van der Waals surface area (Å²) in [6.45, 7) is 0. The topological polar surface area (TPSA) is 116 Å². The van der Waals surface area contributed by atoms with E-state index in [1.807, 2.05) is 18.2 Å². The Morgan fingerprint density at radius 3 is 2.45 bits per heavy atom. The highest BCUT2D eigenvalue weighted by molar-refractivity contribution is 6.10. The van der Waals surface area contributed by atoms with Gasteiger partial charge < -0.3 is 14.6 Å². The van der Waals surface area contributed by atoms with E-state index in [9.17, 15) is 14.7 Å². The summed E-state index contributed by atoms with van der Waals surface area (Å²) in [5.41, 5.74) is 2.73. The number of ketones is 1. The molecule has 3 unspecified atom stereocenters. The number of fused-ring (bicyclic) bond motifs is 2. The lowest BCUT2D eigenvalue weighted by Crippen LogP contribution is -2.41. The number of Topliss-reactive ketones (excluding diaryl/α,β-unsaturated/α-hetero) is 1. The van der Waals surface area contributed by atoms with Crippen LogP contribution in [0, 0.1) is 5.92 Å². The Balaban J connectivity index is 1.52. The van der Waals surface area contributed by atoms with Crippen LogP contribution in [0.1, 0.15) is 46.3 Å². The van der Waals surface area contributed by atoms with Gasteiger partial charge in [-0.3, -0.25) is 4.79 Å². The zero-order valence-electron chi connectivity index (χ0n) is 18.1. The minimum atomic E-state index is -1.000. The first-order valence-corrected chi connectivity index (χ1v) is 10.5. The first kappa shape index (κ1) is 20.9. The van der Waals surface area contributed by atoms with Crippen molar-refractivity contribution in [1.82, 2.24) is 14.8 Å². The molecule has 2 aromatic carbocycles. The van der Waals surface area contributed by atoms with Crippen molar-refractivity contribution in [2.45, 2.75) is 24.8 Å². The summed E-state index contributed by atoms with van der Waals surface area (Å²) < 4.78 is 12.4. The molecule has 3 atom stereocenters. The van der Waals surface area contributed by atoms with E-state index in [0.29, 0.717) is 30.3 Å². The first-order valence-electron chi connectivity index (χ1n) is 10.5. The number of benzene rings is 2. The number of methoxy groups -OCH3 is 2. The molecule has 1 aliphatic heterocycles. The number of carboxylic acid groups (broad SMARTS) is 1. The van der Waals surface area contributed by atoms with Gasteiger partial charge in [-0.2, -0.15) is 10.1 Å². The lowest BCUT2D eigenvalue weighted by molar-refractivity contribution is -0.122. The van der Waals surface area contributed by atoms with Crippen LogP contribution in [0.4, 0.5) is 5.95 Å². The second-order valence-corrected chi connectivity index (χ2v) is 8.14. The zero-order valence-corrected chi connectivity index (χ0v) is 18.1. The maximum absolute atomic E-state index is 13.5. The minimum absolute atomic E-state index is 0.0446. The number of aromatic nitrogens is 3. The molecule has 168 valence electrons. The van der Waals surface area contributed by atoms with E-state index in [1.165, 1.54) is 6.33 Å². The number of aliphatic imine (C=N–C) groups is 1. The van der Waals surface area contributed by atoms with Crippen molar-refractivity contribution in [3.05, 3.63) is 65.5 Å². The standard InChI is InChI=1S/C24H22N4O5/c1-32-19-8-7-15(11-20(19)33-2)16-9-17-21(18(29)10-16)22(28-24(27-17)25-12-26-28)13-3-5-14(6-4-13)23(30)31/h3-8,11-12,16,21-22H,9-10H2,1-2H3,(H,30,31). The van der Waals surface area contributed by atoms with Crippen molar-refractivity contribution in [2.75, 3.05) is 14.2 Å². The lowest BCUT2D eigenvalue weighted by Gasteiger charge is -2.37. The molecule has 0 saturated heterocycles. The van der Waals surface area contributed by atoms with Gasteiger partial charge >= 0.3 is 5.97 Å². The third kappa shape index (κ3) is 3.55. The predicted octanol–water partition coefficient (Wildman–Crippen LogP) is 3.43. The zero-order chi connectivity index (χ0) is 23.1. The van der Waals surface area contributed by atoms with Crippen LogP contribution in [0.15, 0.2) is 53.8 Å². The van der Waals surface area contributed by atoms with Gasteiger partial charge in [-0.25, -0.2) is 14.5 Å². The Morgan fingerprint density at radius 2 is 1.76 bits per heavy atom. The Morgan fingerprint density at radius 1 is 1.03 bits per heavy atom. The minimum Gasteiger partial charge on any atom is -0.493 e. The van der Waals surface area contributed by atoms with Crippen molar-refractivity contribution in [1.29, 1.82) is 0 Å². The summed E-state index contributed by atoms with van der Waals surface area (Å²) in [6.07, 6.45) is 2.38. The average Bonchev–Trinajstić information content (AvgIpc) is 3.30. The lowest BCUT2D eigenvalue weighted by atomic mass is 9.72. The Bertz CT molecular complexity index is 1260. The molecular weight excluding hydrogens is 424 g/mol. The van der Waals surface area contributed by atoms with Gasteiger partial charge in [0.25, 0.3) is 0 Å². The maximum atomic E-state index is 13.5. The van der Waals surface area contributed by atoms with E-state index in [-0.39, 0.29) is 17.3 Å². The van der Waals surface area contributed by atoms with Gasteiger partial charge in [0.2, 0.25) is 5.95 Å². The van der Waals surface area contributed by atoms with Gasteiger partial charge in [0.15, 0.2) is 11.5 Å². The number of ether oxygens (including phenoxy) is 2. The van der Waals surface area contributed by atoms with Crippen molar-refractivity contribution in [2.24, 2.45) is 10.9 Å². The predicted molar refractivity (Wildman–Crippen MR) is 119 cm³/mol. The molecule has 2 aliphatic rings. The molecule has 1 aliphatic carbocycles. The molecule has 1 N–H and O–H groups in total. The summed E-state index contributed by atoms with van der Waals surface area (Å²) in [4.78, 5) is 33.7. The number of aromatic carboxylic acids is 1. The molecule has 0 amide bonds. The highest BCUT2D eigenvalue weighted by Crippen LogP contribution is 2.44. The fourth-order valence-corrected chi connectivity index (χ4v) is 4.77. The number of carbonyl (C=O) groups is 2. The van der Waals surface area contributed by atoms with Gasteiger partial charge in [-0.1, -0.05) is 18.2 Å². The molecule has 2 heterocycles. The van der Waals surface area contributed by atoms with Crippen LogP contribution in [-0.2, 0) is 4.79 Å². The monoisotopic (exact) mass is 446 g/mol. The quantitative estimate of drug-likeness (QED) is 0.638. The second-order valence-electron chi connectivity index (χ2n) is 8.14. The second kappa shape index (κ2) is 8.16. The van der Waals surface area contributed by atoms with Gasteiger partial charge in [-0.15, -0.1) is 0 Å². The highest BCUT2D eigenvalue weighted by Gasteiger charge is 2.44.